The number of thiophene rings is 1. The van der Waals surface area contributed by atoms with Gasteiger partial charge in [0, 0.05) is 39.6 Å². The summed E-state index contributed by atoms with van der Waals surface area (Å²) in [6.07, 6.45) is 5.10. The Labute approximate surface area is 150 Å². The van der Waals surface area contributed by atoms with Gasteiger partial charge in [-0.2, -0.15) is 0 Å². The number of hydrogen-bond acceptors (Lipinski definition) is 4. The Kier molecular flexibility index (Phi) is 4.73. The molecule has 0 aliphatic rings. The third-order valence-electron chi connectivity index (χ3n) is 3.33. The van der Waals surface area contributed by atoms with Crippen LogP contribution in [0.5, 0.6) is 0 Å². The Morgan fingerprint density at radius 2 is 2.00 bits per heavy atom. The molecule has 0 amide bonds. The first-order valence-corrected chi connectivity index (χ1v) is 8.60. The number of nitro benzene ring substituents is 1. The van der Waals surface area contributed by atoms with E-state index in [1.54, 1.807) is 24.3 Å². The monoisotopic (exact) mass is 402 g/mol. The lowest BCUT2D eigenvalue weighted by molar-refractivity contribution is -0.384. The van der Waals surface area contributed by atoms with Crippen molar-refractivity contribution in [3.05, 3.63) is 85.3 Å². The summed E-state index contributed by atoms with van der Waals surface area (Å²) in [6.45, 7) is 0. The van der Waals surface area contributed by atoms with Crippen molar-refractivity contribution in [3.63, 3.8) is 0 Å². The average Bonchev–Trinajstić information content (AvgIpc) is 3.21. The van der Waals surface area contributed by atoms with Gasteiger partial charge < -0.3 is 4.57 Å². The molecule has 0 saturated heterocycles. The third-order valence-corrected chi connectivity index (χ3v) is 5.04. The number of hydrogen-bond donors (Lipinski definition) is 0. The van der Waals surface area contributed by atoms with Crippen molar-refractivity contribution >= 4 is 44.8 Å². The molecule has 7 heteroatoms. The number of aromatic nitrogens is 1. The number of halogens is 1. The van der Waals surface area contributed by atoms with Crippen molar-refractivity contribution in [2.75, 3.05) is 0 Å². The first-order chi connectivity index (χ1) is 11.5. The van der Waals surface area contributed by atoms with E-state index in [2.05, 4.69) is 15.9 Å². The fourth-order valence-electron chi connectivity index (χ4n) is 2.19. The van der Waals surface area contributed by atoms with E-state index in [1.807, 2.05) is 28.3 Å². The summed E-state index contributed by atoms with van der Waals surface area (Å²) in [4.78, 5) is 23.1. The quantitative estimate of drug-likeness (QED) is 0.258. The Bertz CT molecular complexity index is 925. The van der Waals surface area contributed by atoms with Crippen LogP contribution in [-0.2, 0) is 0 Å². The molecule has 0 aliphatic heterocycles. The summed E-state index contributed by atoms with van der Waals surface area (Å²) in [5, 5.41) is 12.6. The summed E-state index contributed by atoms with van der Waals surface area (Å²) >= 11 is 4.71. The van der Waals surface area contributed by atoms with E-state index in [0.717, 1.165) is 15.9 Å². The fourth-order valence-corrected chi connectivity index (χ4v) is 3.53. The van der Waals surface area contributed by atoms with Crippen LogP contribution < -0.4 is 0 Å². The molecule has 0 atom stereocenters. The van der Waals surface area contributed by atoms with Gasteiger partial charge in [0.15, 0.2) is 5.78 Å². The average molecular weight is 403 g/mol. The molecular weight excluding hydrogens is 392 g/mol. The Morgan fingerprint density at radius 1 is 1.25 bits per heavy atom. The maximum absolute atomic E-state index is 12.1. The molecule has 0 spiro atoms. The zero-order valence-corrected chi connectivity index (χ0v) is 14.7. The van der Waals surface area contributed by atoms with E-state index in [9.17, 15) is 14.9 Å². The van der Waals surface area contributed by atoms with Crippen LogP contribution in [0, 0.1) is 10.1 Å². The van der Waals surface area contributed by atoms with Gasteiger partial charge in [-0.3, -0.25) is 14.9 Å². The number of non-ortho nitro benzene ring substituents is 1. The van der Waals surface area contributed by atoms with Crippen LogP contribution in [0.1, 0.15) is 15.4 Å². The van der Waals surface area contributed by atoms with Crippen LogP contribution in [-0.4, -0.2) is 15.3 Å². The van der Waals surface area contributed by atoms with Gasteiger partial charge in [-0.15, -0.1) is 11.3 Å². The van der Waals surface area contributed by atoms with Gasteiger partial charge in [0.25, 0.3) is 5.69 Å². The molecule has 0 aliphatic carbocycles. The van der Waals surface area contributed by atoms with Gasteiger partial charge in [-0.1, -0.05) is 0 Å². The maximum Gasteiger partial charge on any atom is 0.269 e. The lowest BCUT2D eigenvalue weighted by atomic mass is 10.2. The van der Waals surface area contributed by atoms with E-state index in [0.29, 0.717) is 4.88 Å². The zero-order chi connectivity index (χ0) is 17.1. The zero-order valence-electron chi connectivity index (χ0n) is 12.3. The lowest BCUT2D eigenvalue weighted by Gasteiger charge is -2.06. The van der Waals surface area contributed by atoms with Crippen molar-refractivity contribution in [1.82, 2.24) is 4.57 Å². The SMILES string of the molecule is O=C(/C=C/c1cccn1-c1ccc([N+](=O)[O-])cc1)c1cc(Br)cs1. The smallest absolute Gasteiger partial charge is 0.269 e. The number of ketones is 1. The molecule has 2 aromatic heterocycles. The minimum Gasteiger partial charge on any atom is -0.317 e. The maximum atomic E-state index is 12.1. The standard InChI is InChI=1S/C17H11BrN2O3S/c18-12-10-17(24-11-12)16(21)8-7-13-2-1-9-19(13)14-3-5-15(6-4-14)20(22)23/h1-11H/b8-7+. The summed E-state index contributed by atoms with van der Waals surface area (Å²) in [7, 11) is 0. The van der Waals surface area contributed by atoms with Crippen molar-refractivity contribution in [2.45, 2.75) is 0 Å². The van der Waals surface area contributed by atoms with Crippen LogP contribution in [0.25, 0.3) is 11.8 Å². The Hall–Kier alpha value is -2.51. The summed E-state index contributed by atoms with van der Waals surface area (Å²) in [5.41, 5.74) is 1.64. The number of allylic oxidation sites excluding steroid dienone is 1. The highest BCUT2D eigenvalue weighted by atomic mass is 79.9. The van der Waals surface area contributed by atoms with Crippen LogP contribution in [0.4, 0.5) is 5.69 Å². The van der Waals surface area contributed by atoms with Crippen LogP contribution in [0.2, 0.25) is 0 Å². The predicted octanol–water partition coefficient (Wildman–Crippen LogP) is 5.11. The first-order valence-electron chi connectivity index (χ1n) is 6.93. The number of nitro groups is 1. The second-order valence-electron chi connectivity index (χ2n) is 4.90. The third kappa shape index (κ3) is 3.52. The van der Waals surface area contributed by atoms with Crippen LogP contribution in [0.3, 0.4) is 0 Å². The molecule has 0 N–H and O–H groups in total. The van der Waals surface area contributed by atoms with Crippen molar-refractivity contribution in [2.24, 2.45) is 0 Å². The van der Waals surface area contributed by atoms with Gasteiger partial charge in [-0.25, -0.2) is 0 Å². The normalized spacial score (nSPS) is 11.0. The number of carbonyl (C=O) groups excluding carboxylic acids is 1. The predicted molar refractivity (Wildman–Crippen MR) is 97.8 cm³/mol. The summed E-state index contributed by atoms with van der Waals surface area (Å²) in [5.74, 6) is -0.0675. The van der Waals surface area contributed by atoms with Gasteiger partial charge in [0.2, 0.25) is 0 Å². The van der Waals surface area contributed by atoms with Gasteiger partial charge in [-0.05, 0) is 58.4 Å². The Morgan fingerprint density at radius 3 is 2.62 bits per heavy atom. The van der Waals surface area contributed by atoms with Crippen molar-refractivity contribution in [3.8, 4) is 5.69 Å². The van der Waals surface area contributed by atoms with Gasteiger partial charge in [0.05, 0.1) is 9.80 Å². The highest BCUT2D eigenvalue weighted by Crippen LogP contribution is 2.21. The molecule has 0 unspecified atom stereocenters. The topological polar surface area (TPSA) is 65.1 Å². The number of rotatable bonds is 5. The van der Waals surface area contributed by atoms with Gasteiger partial charge >= 0.3 is 0 Å². The second kappa shape index (κ2) is 6.94. The fraction of sp³-hybridized carbons (Fsp3) is 0. The molecule has 0 fully saturated rings. The molecular formula is C17H11BrN2O3S. The first kappa shape index (κ1) is 16.4. The van der Waals surface area contributed by atoms with E-state index in [1.165, 1.54) is 29.5 Å². The summed E-state index contributed by atoms with van der Waals surface area (Å²) < 4.78 is 2.75. The molecule has 3 rings (SSSR count). The van der Waals surface area contributed by atoms with Crippen LogP contribution in [0.15, 0.2) is 64.6 Å². The van der Waals surface area contributed by atoms with Gasteiger partial charge in [0.1, 0.15) is 0 Å². The van der Waals surface area contributed by atoms with E-state index < -0.39 is 4.92 Å². The van der Waals surface area contributed by atoms with Crippen LogP contribution >= 0.6 is 27.3 Å². The molecule has 2 heterocycles. The highest BCUT2D eigenvalue weighted by Gasteiger charge is 2.08. The number of nitrogens with zero attached hydrogens (tertiary/aromatic N) is 2. The minimum absolute atomic E-state index is 0.0430. The molecule has 0 saturated carbocycles. The highest BCUT2D eigenvalue weighted by molar-refractivity contribution is 9.10. The van der Waals surface area contributed by atoms with E-state index in [4.69, 9.17) is 0 Å². The molecule has 3 aromatic rings. The molecule has 5 nitrogen and oxygen atoms in total. The number of carbonyl (C=O) groups is 1. The molecule has 0 bridgehead atoms. The largest absolute Gasteiger partial charge is 0.317 e. The molecule has 0 radical (unpaired) electrons. The molecule has 120 valence electrons. The molecule has 1 aromatic carbocycles. The second-order valence-corrected chi connectivity index (χ2v) is 6.73. The number of benzene rings is 1. The van der Waals surface area contributed by atoms with E-state index >= 15 is 0 Å². The lowest BCUT2D eigenvalue weighted by Crippen LogP contribution is -1.96. The Balaban J connectivity index is 1.83. The van der Waals surface area contributed by atoms with E-state index in [-0.39, 0.29) is 11.5 Å². The van der Waals surface area contributed by atoms with Crippen molar-refractivity contribution < 1.29 is 9.72 Å². The molecule has 24 heavy (non-hydrogen) atoms. The minimum atomic E-state index is -0.432. The van der Waals surface area contributed by atoms with Crippen molar-refractivity contribution in [1.29, 1.82) is 0 Å². The summed E-state index contributed by atoms with van der Waals surface area (Å²) in [6, 6.07) is 11.8.